The first kappa shape index (κ1) is 14.8. The number of hydrogen-bond acceptors (Lipinski definition) is 1. The molecule has 0 spiro atoms. The number of benzene rings is 1. The third-order valence-electron chi connectivity index (χ3n) is 3.33. The molecule has 1 heteroatoms. The Morgan fingerprint density at radius 1 is 0.833 bits per heavy atom. The van der Waals surface area contributed by atoms with E-state index in [2.05, 4.69) is 11.8 Å². The molecule has 0 fully saturated rings. The highest BCUT2D eigenvalue weighted by Gasteiger charge is 2.48. The molecule has 0 unspecified atom stereocenters. The van der Waals surface area contributed by atoms with E-state index in [4.69, 9.17) is 0 Å². The third kappa shape index (κ3) is 2.94. The van der Waals surface area contributed by atoms with Crippen LogP contribution in [0, 0.1) is 22.7 Å². The van der Waals surface area contributed by atoms with Gasteiger partial charge in [-0.15, -0.1) is 0 Å². The van der Waals surface area contributed by atoms with E-state index in [1.54, 1.807) is 0 Å². The van der Waals surface area contributed by atoms with Gasteiger partial charge in [0.25, 0.3) is 0 Å². The van der Waals surface area contributed by atoms with Crippen LogP contribution in [0.15, 0.2) is 30.3 Å². The van der Waals surface area contributed by atoms with Gasteiger partial charge in [-0.3, -0.25) is 0 Å². The molecule has 0 radical (unpaired) electrons. The lowest BCUT2D eigenvalue weighted by Crippen LogP contribution is -2.52. The minimum atomic E-state index is -1.03. The summed E-state index contributed by atoms with van der Waals surface area (Å²) in [7, 11) is 0. The Morgan fingerprint density at radius 2 is 1.28 bits per heavy atom. The Morgan fingerprint density at radius 3 is 1.67 bits per heavy atom. The zero-order valence-corrected chi connectivity index (χ0v) is 12.3. The van der Waals surface area contributed by atoms with Crippen LogP contribution in [0.2, 0.25) is 0 Å². The van der Waals surface area contributed by atoms with Crippen LogP contribution < -0.4 is 0 Å². The zero-order chi connectivity index (χ0) is 14.0. The topological polar surface area (TPSA) is 20.2 Å². The summed E-state index contributed by atoms with van der Waals surface area (Å²) in [4.78, 5) is 0. The van der Waals surface area contributed by atoms with Gasteiger partial charge in [-0.05, 0) is 12.1 Å². The van der Waals surface area contributed by atoms with Gasteiger partial charge in [-0.25, -0.2) is 0 Å². The van der Waals surface area contributed by atoms with Crippen LogP contribution in [0.4, 0.5) is 0 Å². The van der Waals surface area contributed by atoms with Crippen LogP contribution >= 0.6 is 0 Å². The fourth-order valence-corrected chi connectivity index (χ4v) is 2.18. The molecule has 0 saturated carbocycles. The van der Waals surface area contributed by atoms with Crippen molar-refractivity contribution in [1.29, 1.82) is 0 Å². The van der Waals surface area contributed by atoms with Crippen molar-refractivity contribution in [3.8, 4) is 11.8 Å². The molecule has 0 heterocycles. The molecule has 1 rings (SSSR count). The molecule has 0 aliphatic carbocycles. The smallest absolute Gasteiger partial charge is 0.135 e. The molecule has 98 valence electrons. The van der Waals surface area contributed by atoms with Crippen LogP contribution in [0.3, 0.4) is 0 Å². The first-order valence-electron chi connectivity index (χ1n) is 6.38. The van der Waals surface area contributed by atoms with E-state index in [1.807, 2.05) is 71.9 Å². The second-order valence-electron chi connectivity index (χ2n) is 6.83. The lowest BCUT2D eigenvalue weighted by atomic mass is 9.63. The van der Waals surface area contributed by atoms with E-state index in [0.29, 0.717) is 0 Å². The van der Waals surface area contributed by atoms with E-state index in [0.717, 1.165) is 5.56 Å². The molecule has 1 nitrogen and oxygen atoms in total. The Bertz CT molecular complexity index is 432. The Hall–Kier alpha value is -1.26. The van der Waals surface area contributed by atoms with Crippen LogP contribution in [0.25, 0.3) is 0 Å². The van der Waals surface area contributed by atoms with E-state index in [9.17, 15) is 5.11 Å². The highest BCUT2D eigenvalue weighted by molar-refractivity contribution is 5.37. The lowest BCUT2D eigenvalue weighted by molar-refractivity contribution is -0.0875. The van der Waals surface area contributed by atoms with Gasteiger partial charge in [0.2, 0.25) is 0 Å². The number of hydrogen-bond donors (Lipinski definition) is 1. The van der Waals surface area contributed by atoms with Crippen LogP contribution in [-0.2, 0) is 0 Å². The molecule has 0 aromatic heterocycles. The van der Waals surface area contributed by atoms with Crippen molar-refractivity contribution >= 4 is 0 Å². The lowest BCUT2D eigenvalue weighted by Gasteiger charge is -2.45. The standard InChI is InChI=1S/C17H24O/c1-15(2,3)17(18,16(4,5)6)13-12-14-10-8-7-9-11-14/h7-11,18H,1-6H3. The molecule has 0 atom stereocenters. The monoisotopic (exact) mass is 244 g/mol. The molecular formula is C17H24O. The van der Waals surface area contributed by atoms with Gasteiger partial charge in [0, 0.05) is 16.4 Å². The quantitative estimate of drug-likeness (QED) is 0.687. The van der Waals surface area contributed by atoms with E-state index < -0.39 is 5.60 Å². The van der Waals surface area contributed by atoms with Crippen molar-refractivity contribution < 1.29 is 5.11 Å². The summed E-state index contributed by atoms with van der Waals surface area (Å²) in [5.41, 5.74) is -0.694. The predicted octanol–water partition coefficient (Wildman–Crippen LogP) is 3.86. The van der Waals surface area contributed by atoms with Crippen molar-refractivity contribution in [1.82, 2.24) is 0 Å². The van der Waals surface area contributed by atoms with Gasteiger partial charge < -0.3 is 5.11 Å². The Kier molecular flexibility index (Phi) is 3.93. The molecule has 0 bridgehead atoms. The number of rotatable bonds is 0. The highest BCUT2D eigenvalue weighted by Crippen LogP contribution is 2.43. The molecule has 1 N–H and O–H groups in total. The maximum atomic E-state index is 11.0. The van der Waals surface area contributed by atoms with Crippen molar-refractivity contribution in [2.24, 2.45) is 10.8 Å². The molecule has 0 aliphatic rings. The average molecular weight is 244 g/mol. The van der Waals surface area contributed by atoms with Gasteiger partial charge in [0.05, 0.1) is 0 Å². The summed E-state index contributed by atoms with van der Waals surface area (Å²) in [6.45, 7) is 12.2. The van der Waals surface area contributed by atoms with Gasteiger partial charge in [0.1, 0.15) is 5.60 Å². The third-order valence-corrected chi connectivity index (χ3v) is 3.33. The summed E-state index contributed by atoms with van der Waals surface area (Å²) in [5.74, 6) is 6.20. The summed E-state index contributed by atoms with van der Waals surface area (Å²) >= 11 is 0. The molecule has 1 aromatic rings. The Labute approximate surface area is 111 Å². The maximum absolute atomic E-state index is 11.0. The first-order chi connectivity index (χ1) is 8.08. The van der Waals surface area contributed by atoms with Crippen molar-refractivity contribution in [3.63, 3.8) is 0 Å². The molecule has 0 amide bonds. The minimum absolute atomic E-state index is 0.299. The normalized spacial score (nSPS) is 12.8. The van der Waals surface area contributed by atoms with Crippen molar-refractivity contribution in [3.05, 3.63) is 35.9 Å². The molecule has 0 saturated heterocycles. The molecule has 18 heavy (non-hydrogen) atoms. The Balaban J connectivity index is 3.22. The average Bonchev–Trinajstić information content (AvgIpc) is 2.24. The van der Waals surface area contributed by atoms with Crippen molar-refractivity contribution in [2.75, 3.05) is 0 Å². The van der Waals surface area contributed by atoms with E-state index in [-0.39, 0.29) is 10.8 Å². The fourth-order valence-electron chi connectivity index (χ4n) is 2.18. The summed E-state index contributed by atoms with van der Waals surface area (Å²) in [6.07, 6.45) is 0. The maximum Gasteiger partial charge on any atom is 0.135 e. The molecule has 1 aromatic carbocycles. The second kappa shape index (κ2) is 4.78. The zero-order valence-electron chi connectivity index (χ0n) is 12.3. The SMILES string of the molecule is CC(C)(C)C(O)(C#Cc1ccccc1)C(C)(C)C. The van der Waals surface area contributed by atoms with Gasteiger partial charge >= 0.3 is 0 Å². The summed E-state index contributed by atoms with van der Waals surface area (Å²) < 4.78 is 0. The fraction of sp³-hybridized carbons (Fsp3) is 0.529. The van der Waals surface area contributed by atoms with E-state index >= 15 is 0 Å². The van der Waals surface area contributed by atoms with Crippen LogP contribution in [0.1, 0.15) is 47.1 Å². The van der Waals surface area contributed by atoms with Gasteiger partial charge in [0.15, 0.2) is 0 Å². The van der Waals surface area contributed by atoms with Crippen molar-refractivity contribution in [2.45, 2.75) is 47.1 Å². The summed E-state index contributed by atoms with van der Waals surface area (Å²) in [5, 5.41) is 11.0. The van der Waals surface area contributed by atoms with Gasteiger partial charge in [-0.2, -0.15) is 0 Å². The largest absolute Gasteiger partial charge is 0.376 e. The molecular weight excluding hydrogens is 220 g/mol. The highest BCUT2D eigenvalue weighted by atomic mass is 16.3. The molecule has 0 aliphatic heterocycles. The summed E-state index contributed by atoms with van der Waals surface area (Å²) in [6, 6.07) is 9.79. The van der Waals surface area contributed by atoms with Crippen LogP contribution in [0.5, 0.6) is 0 Å². The van der Waals surface area contributed by atoms with Gasteiger partial charge in [-0.1, -0.05) is 71.6 Å². The number of aliphatic hydroxyl groups is 1. The van der Waals surface area contributed by atoms with E-state index in [1.165, 1.54) is 0 Å². The van der Waals surface area contributed by atoms with Crippen LogP contribution in [-0.4, -0.2) is 10.7 Å². The minimum Gasteiger partial charge on any atom is -0.376 e. The predicted molar refractivity (Wildman–Crippen MR) is 77.2 cm³/mol. The second-order valence-corrected chi connectivity index (χ2v) is 6.83. The first-order valence-corrected chi connectivity index (χ1v) is 6.38.